The van der Waals surface area contributed by atoms with Gasteiger partial charge < -0.3 is 0 Å². The Morgan fingerprint density at radius 2 is 1.56 bits per heavy atom. The number of carbonyl (C=O) groups is 1. The second-order valence-electron chi connectivity index (χ2n) is 6.09. The molecule has 0 atom stereocenters. The molecule has 0 aliphatic carbocycles. The third kappa shape index (κ3) is 4.61. The number of hydrogen-bond acceptors (Lipinski definition) is 4. The Morgan fingerprint density at radius 1 is 0.963 bits per heavy atom. The second kappa shape index (κ2) is 8.02. The number of nitro benzene ring substituents is 1. The maximum absolute atomic E-state index is 12.3. The lowest BCUT2D eigenvalue weighted by Gasteiger charge is -2.02. The number of benzene rings is 2. The monoisotopic (exact) mass is 358 g/mol. The van der Waals surface area contributed by atoms with Gasteiger partial charge in [-0.15, -0.1) is 0 Å². The van der Waals surface area contributed by atoms with E-state index in [9.17, 15) is 14.9 Å². The van der Waals surface area contributed by atoms with Crippen LogP contribution < -0.4 is 4.57 Å². The molecule has 0 spiro atoms. The molecule has 0 fully saturated rings. The summed E-state index contributed by atoms with van der Waals surface area (Å²) in [4.78, 5) is 22.6. The molecule has 6 nitrogen and oxygen atoms in total. The summed E-state index contributed by atoms with van der Waals surface area (Å²) in [5.41, 5.74) is 3.19. The third-order valence-corrected chi connectivity index (χ3v) is 4.18. The fourth-order valence-corrected chi connectivity index (χ4v) is 2.67. The highest BCUT2D eigenvalue weighted by Gasteiger charge is 2.12. The average Bonchev–Trinajstić information content (AvgIpc) is 2.70. The molecule has 2 aromatic carbocycles. The van der Waals surface area contributed by atoms with Gasteiger partial charge in [-0.1, -0.05) is 12.1 Å². The van der Waals surface area contributed by atoms with Gasteiger partial charge >= 0.3 is 0 Å². The number of nitro groups is 1. The van der Waals surface area contributed by atoms with Crippen LogP contribution in [0.3, 0.4) is 0 Å². The molecule has 132 valence electrons. The first-order chi connectivity index (χ1) is 13.0. The number of nitrogens with zero attached hydrogens (tertiary/aromatic N) is 3. The van der Waals surface area contributed by atoms with E-state index in [1.807, 2.05) is 30.6 Å². The molecule has 0 N–H and O–H groups in total. The van der Waals surface area contributed by atoms with Gasteiger partial charge in [-0.25, -0.2) is 0 Å². The van der Waals surface area contributed by atoms with Crippen molar-refractivity contribution < 1.29 is 14.3 Å². The standard InChI is InChI=1S/C21H16N3O3/c22-14-18-1-5-19(6-2-18)21(25)15-23-11-9-17(10-12-23)13-16-3-7-20(8-4-16)24(26)27/h1-12H,13,15H2/q+1. The summed E-state index contributed by atoms with van der Waals surface area (Å²) in [5, 5.41) is 19.5. The summed E-state index contributed by atoms with van der Waals surface area (Å²) in [5.74, 6) is -0.0346. The number of pyridine rings is 1. The Hall–Kier alpha value is -3.85. The predicted molar refractivity (Wildman–Crippen MR) is 98.0 cm³/mol. The van der Waals surface area contributed by atoms with Crippen molar-refractivity contribution in [1.29, 1.82) is 5.26 Å². The van der Waals surface area contributed by atoms with Crippen LogP contribution in [0, 0.1) is 21.4 Å². The molecule has 0 unspecified atom stereocenters. The summed E-state index contributed by atoms with van der Waals surface area (Å²) in [6, 6.07) is 18.9. The van der Waals surface area contributed by atoms with Crippen LogP contribution >= 0.6 is 0 Å². The fourth-order valence-electron chi connectivity index (χ4n) is 2.67. The van der Waals surface area contributed by atoms with E-state index in [0.29, 0.717) is 17.5 Å². The van der Waals surface area contributed by atoms with Crippen LogP contribution in [0.5, 0.6) is 0 Å². The first kappa shape index (κ1) is 18.0. The number of Topliss-reactive ketones (excluding diaryl/α,β-unsaturated/α-hetero) is 1. The summed E-state index contributed by atoms with van der Waals surface area (Å²) in [6.07, 6.45) is 4.33. The van der Waals surface area contributed by atoms with Crippen molar-refractivity contribution >= 4 is 11.5 Å². The van der Waals surface area contributed by atoms with Crippen LogP contribution in [-0.2, 0) is 13.0 Å². The predicted octanol–water partition coefficient (Wildman–Crippen LogP) is 3.23. The van der Waals surface area contributed by atoms with Crippen LogP contribution in [0.2, 0.25) is 0 Å². The van der Waals surface area contributed by atoms with Crippen LogP contribution in [0.15, 0.2) is 73.1 Å². The minimum absolute atomic E-state index is 0.0346. The lowest BCUT2D eigenvalue weighted by atomic mass is 10.1. The normalized spacial score (nSPS) is 10.2. The van der Waals surface area contributed by atoms with E-state index in [1.54, 1.807) is 41.0 Å². The Kier molecular flexibility index (Phi) is 5.33. The number of hydrogen-bond donors (Lipinski definition) is 0. The molecule has 0 saturated heterocycles. The van der Waals surface area contributed by atoms with Crippen molar-refractivity contribution in [3.05, 3.63) is 105 Å². The van der Waals surface area contributed by atoms with Gasteiger partial charge in [0.25, 0.3) is 5.69 Å². The van der Waals surface area contributed by atoms with Gasteiger partial charge in [-0.3, -0.25) is 14.9 Å². The Balaban J connectivity index is 1.63. The van der Waals surface area contributed by atoms with E-state index in [4.69, 9.17) is 5.26 Å². The van der Waals surface area contributed by atoms with E-state index >= 15 is 0 Å². The number of ketones is 1. The van der Waals surface area contributed by atoms with E-state index < -0.39 is 4.92 Å². The maximum Gasteiger partial charge on any atom is 0.269 e. The van der Waals surface area contributed by atoms with Gasteiger partial charge in [-0.05, 0) is 41.8 Å². The number of nitriles is 1. The van der Waals surface area contributed by atoms with E-state index in [0.717, 1.165) is 11.1 Å². The smallest absolute Gasteiger partial charge is 0.269 e. The van der Waals surface area contributed by atoms with Crippen LogP contribution in [0.4, 0.5) is 5.69 Å². The van der Waals surface area contributed by atoms with Crippen molar-refractivity contribution in [2.24, 2.45) is 0 Å². The molecule has 1 heterocycles. The largest absolute Gasteiger partial charge is 0.287 e. The topological polar surface area (TPSA) is 87.9 Å². The van der Waals surface area contributed by atoms with Gasteiger partial charge in [0.05, 0.1) is 16.6 Å². The maximum atomic E-state index is 12.3. The lowest BCUT2D eigenvalue weighted by molar-refractivity contribution is -0.683. The van der Waals surface area contributed by atoms with E-state index in [1.165, 1.54) is 12.1 Å². The molecule has 0 bridgehead atoms. The Bertz CT molecular complexity index is 1000. The van der Waals surface area contributed by atoms with Gasteiger partial charge in [-0.2, -0.15) is 9.83 Å². The molecule has 27 heavy (non-hydrogen) atoms. The van der Waals surface area contributed by atoms with Gasteiger partial charge in [0.2, 0.25) is 12.3 Å². The fraction of sp³-hybridized carbons (Fsp3) is 0.0952. The van der Waals surface area contributed by atoms with Crippen molar-refractivity contribution in [2.75, 3.05) is 0 Å². The number of non-ortho nitro benzene ring substituents is 1. The van der Waals surface area contributed by atoms with E-state index in [-0.39, 0.29) is 18.0 Å². The SMILES string of the molecule is N#Cc1ccc(C(=O)C[n+]2ccc(Cc3ccc([N+](=O)[O-])cc3)cc2)cc1. The van der Waals surface area contributed by atoms with Crippen LogP contribution in [-0.4, -0.2) is 10.7 Å². The summed E-state index contributed by atoms with van der Waals surface area (Å²) >= 11 is 0. The summed E-state index contributed by atoms with van der Waals surface area (Å²) in [7, 11) is 0. The quantitative estimate of drug-likeness (QED) is 0.293. The van der Waals surface area contributed by atoms with Crippen molar-refractivity contribution in [1.82, 2.24) is 0 Å². The molecule has 3 aromatic rings. The van der Waals surface area contributed by atoms with Gasteiger partial charge in [0, 0.05) is 29.8 Å². The first-order valence-corrected chi connectivity index (χ1v) is 8.30. The Labute approximate surface area is 156 Å². The highest BCUT2D eigenvalue weighted by molar-refractivity contribution is 5.95. The van der Waals surface area contributed by atoms with Crippen LogP contribution in [0.1, 0.15) is 27.0 Å². The van der Waals surface area contributed by atoms with Crippen molar-refractivity contribution in [3.63, 3.8) is 0 Å². The molecule has 0 amide bonds. The van der Waals surface area contributed by atoms with Crippen molar-refractivity contribution in [3.8, 4) is 6.07 Å². The number of rotatable bonds is 6. The third-order valence-electron chi connectivity index (χ3n) is 4.18. The molecule has 0 saturated carbocycles. The van der Waals surface area contributed by atoms with E-state index in [2.05, 4.69) is 0 Å². The second-order valence-corrected chi connectivity index (χ2v) is 6.09. The zero-order chi connectivity index (χ0) is 19.2. The molecular weight excluding hydrogens is 342 g/mol. The molecule has 1 aromatic heterocycles. The zero-order valence-corrected chi connectivity index (χ0v) is 14.4. The molecule has 0 radical (unpaired) electrons. The molecular formula is C21H16N3O3+. The first-order valence-electron chi connectivity index (χ1n) is 8.30. The van der Waals surface area contributed by atoms with Crippen LogP contribution in [0.25, 0.3) is 0 Å². The minimum atomic E-state index is -0.417. The lowest BCUT2D eigenvalue weighted by Crippen LogP contribution is -2.37. The number of carbonyl (C=O) groups excluding carboxylic acids is 1. The summed E-state index contributed by atoms with van der Waals surface area (Å²) < 4.78 is 1.79. The average molecular weight is 358 g/mol. The highest BCUT2D eigenvalue weighted by atomic mass is 16.6. The molecule has 6 heteroatoms. The summed E-state index contributed by atoms with van der Waals surface area (Å²) in [6.45, 7) is 0.212. The van der Waals surface area contributed by atoms with Crippen molar-refractivity contribution in [2.45, 2.75) is 13.0 Å². The number of aromatic nitrogens is 1. The van der Waals surface area contributed by atoms with Gasteiger partial charge in [0.1, 0.15) is 0 Å². The molecule has 0 aliphatic rings. The molecule has 0 aliphatic heterocycles. The van der Waals surface area contributed by atoms with Gasteiger partial charge in [0.15, 0.2) is 12.4 Å². The Morgan fingerprint density at radius 3 is 2.11 bits per heavy atom. The molecule has 3 rings (SSSR count). The highest BCUT2D eigenvalue weighted by Crippen LogP contribution is 2.14. The zero-order valence-electron chi connectivity index (χ0n) is 14.4. The minimum Gasteiger partial charge on any atom is -0.287 e.